The molecule has 2 aromatic heterocycles. The second-order valence-corrected chi connectivity index (χ2v) is 8.24. The maximum atomic E-state index is 12.5. The molecule has 0 fully saturated rings. The SMILES string of the molecule is CN(C)c1ccc(NC(=O)CSc2nnc(-c3ccc(O)cc3)n2Cc2ccco2)cc1. The van der Waals surface area contributed by atoms with Crippen molar-refractivity contribution in [2.24, 2.45) is 0 Å². The second-order valence-electron chi connectivity index (χ2n) is 7.30. The van der Waals surface area contributed by atoms with Gasteiger partial charge in [-0.3, -0.25) is 9.36 Å². The zero-order valence-corrected chi connectivity index (χ0v) is 18.5. The molecule has 32 heavy (non-hydrogen) atoms. The minimum absolute atomic E-state index is 0.133. The molecule has 0 unspecified atom stereocenters. The lowest BCUT2D eigenvalue weighted by molar-refractivity contribution is -0.113. The van der Waals surface area contributed by atoms with E-state index < -0.39 is 0 Å². The van der Waals surface area contributed by atoms with E-state index in [-0.39, 0.29) is 17.4 Å². The molecule has 0 aliphatic carbocycles. The van der Waals surface area contributed by atoms with Crippen LogP contribution in [-0.2, 0) is 11.3 Å². The van der Waals surface area contributed by atoms with Gasteiger partial charge in [0.2, 0.25) is 5.91 Å². The van der Waals surface area contributed by atoms with E-state index in [0.717, 1.165) is 22.7 Å². The monoisotopic (exact) mass is 449 g/mol. The zero-order valence-electron chi connectivity index (χ0n) is 17.7. The molecule has 0 radical (unpaired) electrons. The molecule has 9 heteroatoms. The van der Waals surface area contributed by atoms with Crippen LogP contribution in [0.15, 0.2) is 76.5 Å². The Morgan fingerprint density at radius 3 is 2.50 bits per heavy atom. The van der Waals surface area contributed by atoms with Crippen LogP contribution in [0.4, 0.5) is 11.4 Å². The summed E-state index contributed by atoms with van der Waals surface area (Å²) in [6.45, 7) is 0.423. The van der Waals surface area contributed by atoms with Gasteiger partial charge >= 0.3 is 0 Å². The molecule has 0 aliphatic rings. The summed E-state index contributed by atoms with van der Waals surface area (Å²) in [6.07, 6.45) is 1.61. The van der Waals surface area contributed by atoms with Gasteiger partial charge in [0, 0.05) is 31.0 Å². The van der Waals surface area contributed by atoms with Crippen molar-refractivity contribution in [1.29, 1.82) is 0 Å². The number of furan rings is 1. The fourth-order valence-electron chi connectivity index (χ4n) is 3.09. The summed E-state index contributed by atoms with van der Waals surface area (Å²) in [7, 11) is 3.94. The summed E-state index contributed by atoms with van der Waals surface area (Å²) in [5.74, 6) is 1.60. The predicted molar refractivity (Wildman–Crippen MR) is 125 cm³/mol. The number of anilines is 2. The van der Waals surface area contributed by atoms with Gasteiger partial charge < -0.3 is 19.7 Å². The quantitative estimate of drug-likeness (QED) is 0.391. The number of aromatic hydroxyl groups is 1. The van der Waals surface area contributed by atoms with Gasteiger partial charge in [0.1, 0.15) is 11.5 Å². The first-order valence-corrected chi connectivity index (χ1v) is 10.9. The van der Waals surface area contributed by atoms with E-state index in [2.05, 4.69) is 15.5 Å². The molecule has 0 bridgehead atoms. The Morgan fingerprint density at radius 1 is 1.09 bits per heavy atom. The highest BCUT2D eigenvalue weighted by molar-refractivity contribution is 7.99. The molecule has 4 aromatic rings. The van der Waals surface area contributed by atoms with Gasteiger partial charge in [0.25, 0.3) is 0 Å². The second kappa shape index (κ2) is 9.61. The highest BCUT2D eigenvalue weighted by Crippen LogP contribution is 2.27. The van der Waals surface area contributed by atoms with Crippen LogP contribution in [0, 0.1) is 0 Å². The Kier molecular flexibility index (Phi) is 6.46. The predicted octanol–water partition coefficient (Wildman–Crippen LogP) is 4.09. The number of hydrogen-bond donors (Lipinski definition) is 2. The van der Waals surface area contributed by atoms with E-state index in [0.29, 0.717) is 17.5 Å². The van der Waals surface area contributed by atoms with Gasteiger partial charge in [-0.05, 0) is 60.7 Å². The summed E-state index contributed by atoms with van der Waals surface area (Å²) in [5.41, 5.74) is 2.60. The van der Waals surface area contributed by atoms with Gasteiger partial charge in [-0.25, -0.2) is 0 Å². The lowest BCUT2D eigenvalue weighted by Gasteiger charge is -2.13. The van der Waals surface area contributed by atoms with E-state index in [1.165, 1.54) is 11.8 Å². The topological polar surface area (TPSA) is 96.4 Å². The van der Waals surface area contributed by atoms with Crippen molar-refractivity contribution in [3.05, 3.63) is 72.7 Å². The third kappa shape index (κ3) is 5.12. The van der Waals surface area contributed by atoms with Crippen LogP contribution in [0.25, 0.3) is 11.4 Å². The molecule has 8 nitrogen and oxygen atoms in total. The van der Waals surface area contributed by atoms with Crippen LogP contribution in [0.2, 0.25) is 0 Å². The van der Waals surface area contributed by atoms with Crippen molar-refractivity contribution in [1.82, 2.24) is 14.8 Å². The van der Waals surface area contributed by atoms with Gasteiger partial charge in [-0.15, -0.1) is 10.2 Å². The lowest BCUT2D eigenvalue weighted by Crippen LogP contribution is -2.15. The van der Waals surface area contributed by atoms with E-state index in [1.54, 1.807) is 30.5 Å². The molecule has 2 N–H and O–H groups in total. The molecule has 0 aliphatic heterocycles. The fraction of sp³-hybridized carbons (Fsp3) is 0.174. The number of amides is 1. The maximum absolute atomic E-state index is 12.5. The number of nitrogens with one attached hydrogen (secondary N) is 1. The largest absolute Gasteiger partial charge is 0.508 e. The van der Waals surface area contributed by atoms with Crippen LogP contribution >= 0.6 is 11.8 Å². The Morgan fingerprint density at radius 2 is 1.84 bits per heavy atom. The number of hydrogen-bond acceptors (Lipinski definition) is 7. The molecule has 0 saturated carbocycles. The minimum Gasteiger partial charge on any atom is -0.508 e. The molecule has 0 spiro atoms. The van der Waals surface area contributed by atoms with Crippen molar-refractivity contribution in [2.75, 3.05) is 30.1 Å². The molecule has 1 amide bonds. The Hall–Kier alpha value is -3.72. The highest BCUT2D eigenvalue weighted by atomic mass is 32.2. The smallest absolute Gasteiger partial charge is 0.234 e. The van der Waals surface area contributed by atoms with E-state index in [4.69, 9.17) is 4.42 Å². The van der Waals surface area contributed by atoms with Crippen molar-refractivity contribution in [2.45, 2.75) is 11.7 Å². The number of benzene rings is 2. The van der Waals surface area contributed by atoms with E-state index in [9.17, 15) is 9.90 Å². The number of phenolic OH excluding ortho intramolecular Hbond substituents is 1. The Labute approximate surface area is 189 Å². The molecule has 2 heterocycles. The normalized spacial score (nSPS) is 10.8. The third-order valence-electron chi connectivity index (χ3n) is 4.74. The number of thioether (sulfide) groups is 1. The maximum Gasteiger partial charge on any atom is 0.234 e. The van der Waals surface area contributed by atoms with Gasteiger partial charge in [-0.2, -0.15) is 0 Å². The van der Waals surface area contributed by atoms with Crippen molar-refractivity contribution < 1.29 is 14.3 Å². The van der Waals surface area contributed by atoms with Gasteiger partial charge in [-0.1, -0.05) is 11.8 Å². The molecule has 4 rings (SSSR count). The molecular weight excluding hydrogens is 426 g/mol. The molecule has 164 valence electrons. The number of nitrogens with zero attached hydrogens (tertiary/aromatic N) is 4. The molecule has 0 saturated heterocycles. The number of rotatable bonds is 8. The van der Waals surface area contributed by atoms with Crippen LogP contribution in [0.3, 0.4) is 0 Å². The van der Waals surface area contributed by atoms with Crippen LogP contribution in [0.1, 0.15) is 5.76 Å². The summed E-state index contributed by atoms with van der Waals surface area (Å²) >= 11 is 1.30. The molecular formula is C23H23N5O3S. The Balaban J connectivity index is 1.48. The van der Waals surface area contributed by atoms with Gasteiger partial charge in [0.15, 0.2) is 11.0 Å². The van der Waals surface area contributed by atoms with E-state index >= 15 is 0 Å². The summed E-state index contributed by atoms with van der Waals surface area (Å²) in [4.78, 5) is 14.5. The zero-order chi connectivity index (χ0) is 22.5. The third-order valence-corrected chi connectivity index (χ3v) is 5.70. The molecule has 2 aromatic carbocycles. The van der Waals surface area contributed by atoms with Crippen LogP contribution in [0.5, 0.6) is 5.75 Å². The average Bonchev–Trinajstić information content (AvgIpc) is 3.44. The highest BCUT2D eigenvalue weighted by Gasteiger charge is 2.17. The van der Waals surface area contributed by atoms with Crippen molar-refractivity contribution in [3.8, 4) is 17.1 Å². The average molecular weight is 450 g/mol. The Bertz CT molecular complexity index is 1170. The lowest BCUT2D eigenvalue weighted by atomic mass is 10.2. The molecule has 0 atom stereocenters. The van der Waals surface area contributed by atoms with Crippen molar-refractivity contribution >= 4 is 29.0 Å². The minimum atomic E-state index is -0.133. The number of phenols is 1. The van der Waals surface area contributed by atoms with E-state index in [1.807, 2.05) is 60.0 Å². The number of carbonyl (C=O) groups excluding carboxylic acids is 1. The van der Waals surface area contributed by atoms with Crippen LogP contribution < -0.4 is 10.2 Å². The summed E-state index contributed by atoms with van der Waals surface area (Å²) in [6, 6.07) is 18.1. The summed E-state index contributed by atoms with van der Waals surface area (Å²) in [5, 5.41) is 21.7. The van der Waals surface area contributed by atoms with Gasteiger partial charge in [0.05, 0.1) is 18.6 Å². The standard InChI is InChI=1S/C23H23N5O3S/c1-27(2)18-9-7-17(8-10-18)24-21(30)15-32-23-26-25-22(16-5-11-19(29)12-6-16)28(23)14-20-4-3-13-31-20/h3-13,29H,14-15H2,1-2H3,(H,24,30). The first-order chi connectivity index (χ1) is 15.5. The van der Waals surface area contributed by atoms with Crippen LogP contribution in [-0.4, -0.2) is 45.6 Å². The summed E-state index contributed by atoms with van der Waals surface area (Å²) < 4.78 is 7.39. The number of carbonyl (C=O) groups is 1. The number of aromatic nitrogens is 3. The van der Waals surface area contributed by atoms with Crippen molar-refractivity contribution in [3.63, 3.8) is 0 Å². The fourth-order valence-corrected chi connectivity index (χ4v) is 3.83. The first kappa shape index (κ1) is 21.5. The first-order valence-electron chi connectivity index (χ1n) is 9.94.